The third-order valence-electron chi connectivity index (χ3n) is 5.73. The van der Waals surface area contributed by atoms with Gasteiger partial charge in [-0.3, -0.25) is 14.0 Å². The average molecular weight is 390 g/mol. The van der Waals surface area contributed by atoms with Crippen LogP contribution in [-0.4, -0.2) is 44.3 Å². The van der Waals surface area contributed by atoms with Gasteiger partial charge in [-0.05, 0) is 37.0 Å². The minimum Gasteiger partial charge on any atom is -0.342 e. The van der Waals surface area contributed by atoms with Gasteiger partial charge in [-0.2, -0.15) is 0 Å². The Bertz CT molecular complexity index is 1010. The number of likely N-dealkylation sites (tertiary alicyclic amines) is 1. The lowest BCUT2D eigenvalue weighted by Gasteiger charge is -2.32. The van der Waals surface area contributed by atoms with Gasteiger partial charge in [0.15, 0.2) is 11.4 Å². The topological polar surface area (TPSA) is 67.6 Å². The largest absolute Gasteiger partial charge is 0.342 e. The number of ketones is 1. The van der Waals surface area contributed by atoms with Gasteiger partial charge in [-0.15, -0.1) is 10.2 Å². The number of rotatable bonds is 6. The van der Waals surface area contributed by atoms with E-state index in [-0.39, 0.29) is 30.4 Å². The van der Waals surface area contributed by atoms with Crippen molar-refractivity contribution >= 4 is 17.3 Å². The highest BCUT2D eigenvalue weighted by Crippen LogP contribution is 2.26. The van der Waals surface area contributed by atoms with Gasteiger partial charge >= 0.3 is 0 Å². The van der Waals surface area contributed by atoms with Crippen molar-refractivity contribution < 1.29 is 9.59 Å². The van der Waals surface area contributed by atoms with Crippen molar-refractivity contribution in [3.8, 4) is 0 Å². The molecule has 1 aliphatic rings. The first-order valence-electron chi connectivity index (χ1n) is 10.3. The first-order valence-corrected chi connectivity index (χ1v) is 10.3. The SMILES string of the molecule is CCc1ccc(C(=O)CCC(=O)N2CCC[C@@H](c3nnc4ccccn34)C2)cc1. The maximum atomic E-state index is 12.7. The van der Waals surface area contributed by atoms with E-state index in [1.165, 1.54) is 5.56 Å². The minimum atomic E-state index is 0.0259. The van der Waals surface area contributed by atoms with Crippen LogP contribution in [0.15, 0.2) is 48.7 Å². The highest BCUT2D eigenvalue weighted by molar-refractivity contribution is 5.98. The lowest BCUT2D eigenvalue weighted by Crippen LogP contribution is -2.39. The molecular weight excluding hydrogens is 364 g/mol. The van der Waals surface area contributed by atoms with E-state index >= 15 is 0 Å². The Balaban J connectivity index is 1.36. The third kappa shape index (κ3) is 4.21. The van der Waals surface area contributed by atoms with E-state index in [2.05, 4.69) is 17.1 Å². The molecule has 3 heterocycles. The van der Waals surface area contributed by atoms with Crippen LogP contribution in [0.5, 0.6) is 0 Å². The van der Waals surface area contributed by atoms with Crippen LogP contribution in [0.25, 0.3) is 5.65 Å². The number of nitrogens with zero attached hydrogens (tertiary/aromatic N) is 4. The smallest absolute Gasteiger partial charge is 0.223 e. The summed E-state index contributed by atoms with van der Waals surface area (Å²) in [7, 11) is 0. The predicted octanol–water partition coefficient (Wildman–Crippen LogP) is 3.66. The molecule has 150 valence electrons. The highest BCUT2D eigenvalue weighted by Gasteiger charge is 2.28. The molecule has 0 spiro atoms. The fraction of sp³-hybridized carbons (Fsp3) is 0.391. The van der Waals surface area contributed by atoms with Gasteiger partial charge < -0.3 is 4.90 Å². The molecule has 0 N–H and O–H groups in total. The molecule has 1 aromatic carbocycles. The second kappa shape index (κ2) is 8.55. The quantitative estimate of drug-likeness (QED) is 0.603. The first kappa shape index (κ1) is 19.3. The van der Waals surface area contributed by atoms with Crippen molar-refractivity contribution in [1.82, 2.24) is 19.5 Å². The molecule has 1 aliphatic heterocycles. The third-order valence-corrected chi connectivity index (χ3v) is 5.73. The zero-order chi connectivity index (χ0) is 20.2. The molecule has 0 unspecified atom stereocenters. The molecule has 6 heteroatoms. The summed E-state index contributed by atoms with van der Waals surface area (Å²) >= 11 is 0. The molecule has 0 bridgehead atoms. The molecule has 2 aromatic heterocycles. The molecule has 29 heavy (non-hydrogen) atoms. The molecule has 0 aliphatic carbocycles. The maximum absolute atomic E-state index is 12.7. The summed E-state index contributed by atoms with van der Waals surface area (Å²) < 4.78 is 2.00. The highest BCUT2D eigenvalue weighted by atomic mass is 16.2. The van der Waals surface area contributed by atoms with Crippen LogP contribution in [0.3, 0.4) is 0 Å². The number of fused-ring (bicyclic) bond motifs is 1. The molecule has 6 nitrogen and oxygen atoms in total. The Morgan fingerprint density at radius 1 is 1.07 bits per heavy atom. The first-order chi connectivity index (χ1) is 14.2. The van der Waals surface area contributed by atoms with E-state index in [0.717, 1.165) is 37.3 Å². The fourth-order valence-corrected chi connectivity index (χ4v) is 4.00. The van der Waals surface area contributed by atoms with Crippen LogP contribution < -0.4 is 0 Å². The predicted molar refractivity (Wildman–Crippen MR) is 111 cm³/mol. The summed E-state index contributed by atoms with van der Waals surface area (Å²) in [6.45, 7) is 3.46. The maximum Gasteiger partial charge on any atom is 0.223 e. The van der Waals surface area contributed by atoms with Crippen molar-refractivity contribution in [1.29, 1.82) is 0 Å². The molecule has 0 saturated carbocycles. The standard InChI is InChI=1S/C23H26N4O2/c1-2-17-8-10-18(11-9-17)20(28)12-13-22(29)26-14-5-6-19(16-26)23-25-24-21-7-3-4-15-27(21)23/h3-4,7-11,15,19H,2,5-6,12-14,16H2,1H3/t19-/m1/s1. The monoisotopic (exact) mass is 390 g/mol. The van der Waals surface area contributed by atoms with Crippen molar-refractivity contribution in [2.45, 2.75) is 44.9 Å². The van der Waals surface area contributed by atoms with Crippen molar-refractivity contribution in [3.63, 3.8) is 0 Å². The van der Waals surface area contributed by atoms with Gasteiger partial charge in [-0.1, -0.05) is 37.3 Å². The minimum absolute atomic E-state index is 0.0259. The van der Waals surface area contributed by atoms with Gasteiger partial charge in [-0.25, -0.2) is 0 Å². The lowest BCUT2D eigenvalue weighted by atomic mass is 9.96. The number of pyridine rings is 1. The number of piperidine rings is 1. The van der Waals surface area contributed by atoms with Crippen LogP contribution in [0.2, 0.25) is 0 Å². The number of aryl methyl sites for hydroxylation is 1. The molecule has 4 rings (SSSR count). The number of aromatic nitrogens is 3. The Morgan fingerprint density at radius 3 is 2.69 bits per heavy atom. The van der Waals surface area contributed by atoms with Crippen LogP contribution in [-0.2, 0) is 11.2 Å². The number of amides is 1. The van der Waals surface area contributed by atoms with Gasteiger partial charge in [0.25, 0.3) is 0 Å². The second-order valence-corrected chi connectivity index (χ2v) is 7.64. The zero-order valence-corrected chi connectivity index (χ0v) is 16.8. The number of hydrogen-bond donors (Lipinski definition) is 0. The summed E-state index contributed by atoms with van der Waals surface area (Å²) in [4.78, 5) is 27.1. The van der Waals surface area contributed by atoms with E-state index < -0.39 is 0 Å². The van der Waals surface area contributed by atoms with Gasteiger partial charge in [0, 0.05) is 43.6 Å². The number of Topliss-reactive ketones (excluding diaryl/α,β-unsaturated/α-hetero) is 1. The van der Waals surface area contributed by atoms with Crippen LogP contribution in [0.4, 0.5) is 0 Å². The lowest BCUT2D eigenvalue weighted by molar-refractivity contribution is -0.132. The van der Waals surface area contributed by atoms with Crippen molar-refractivity contribution in [2.75, 3.05) is 13.1 Å². The van der Waals surface area contributed by atoms with Gasteiger partial charge in [0.1, 0.15) is 5.82 Å². The van der Waals surface area contributed by atoms with Crippen molar-refractivity contribution in [2.24, 2.45) is 0 Å². The molecule has 0 radical (unpaired) electrons. The number of carbonyl (C=O) groups excluding carboxylic acids is 2. The fourth-order valence-electron chi connectivity index (χ4n) is 4.00. The van der Waals surface area contributed by atoms with Crippen LogP contribution in [0.1, 0.15) is 60.3 Å². The summed E-state index contributed by atoms with van der Waals surface area (Å²) in [6, 6.07) is 13.5. The second-order valence-electron chi connectivity index (χ2n) is 7.64. The Kier molecular flexibility index (Phi) is 5.69. The van der Waals surface area contributed by atoms with E-state index in [1.54, 1.807) is 0 Å². The van der Waals surface area contributed by atoms with Crippen LogP contribution >= 0.6 is 0 Å². The summed E-state index contributed by atoms with van der Waals surface area (Å²) in [6.07, 6.45) is 5.34. The van der Waals surface area contributed by atoms with E-state index in [0.29, 0.717) is 12.1 Å². The van der Waals surface area contributed by atoms with Crippen LogP contribution in [0, 0.1) is 0 Å². The number of hydrogen-bond acceptors (Lipinski definition) is 4. The Hall–Kier alpha value is -3.02. The Labute approximate surface area is 170 Å². The summed E-state index contributed by atoms with van der Waals surface area (Å²) in [5.41, 5.74) is 2.71. The number of carbonyl (C=O) groups is 2. The molecule has 3 aromatic rings. The van der Waals surface area contributed by atoms with E-state index in [1.807, 2.05) is 58.0 Å². The summed E-state index contributed by atoms with van der Waals surface area (Å²) in [5, 5.41) is 8.60. The van der Waals surface area contributed by atoms with E-state index in [9.17, 15) is 9.59 Å². The average Bonchev–Trinajstić information content (AvgIpc) is 3.21. The van der Waals surface area contributed by atoms with Gasteiger partial charge in [0.05, 0.1) is 0 Å². The molecule has 1 amide bonds. The van der Waals surface area contributed by atoms with Crippen molar-refractivity contribution in [3.05, 3.63) is 65.6 Å². The normalized spacial score (nSPS) is 16.9. The summed E-state index contributed by atoms with van der Waals surface area (Å²) in [5.74, 6) is 1.15. The van der Waals surface area contributed by atoms with E-state index in [4.69, 9.17) is 0 Å². The molecule has 1 saturated heterocycles. The molecular formula is C23H26N4O2. The molecule has 1 fully saturated rings. The Morgan fingerprint density at radius 2 is 1.90 bits per heavy atom. The zero-order valence-electron chi connectivity index (χ0n) is 16.8. The van der Waals surface area contributed by atoms with Gasteiger partial charge in [0.2, 0.25) is 5.91 Å². The molecule has 1 atom stereocenters. The number of benzene rings is 1.